The maximum absolute atomic E-state index is 11.0. The fourth-order valence-electron chi connectivity index (χ4n) is 1.01. The predicted molar refractivity (Wildman–Crippen MR) is 60.4 cm³/mol. The molecular formula is C10H13ClO3P+. The Labute approximate surface area is 94.9 Å². The van der Waals surface area contributed by atoms with Crippen molar-refractivity contribution in [2.24, 2.45) is 0 Å². The highest BCUT2D eigenvalue weighted by molar-refractivity contribution is 7.39. The summed E-state index contributed by atoms with van der Waals surface area (Å²) in [6, 6.07) is 7.37. The van der Waals surface area contributed by atoms with E-state index in [9.17, 15) is 4.57 Å². The van der Waals surface area contributed by atoms with E-state index in [0.29, 0.717) is 18.1 Å². The van der Waals surface area contributed by atoms with Crippen molar-refractivity contribution >= 4 is 19.6 Å². The molecule has 0 radical (unpaired) electrons. The van der Waals surface area contributed by atoms with Crippen LogP contribution < -0.4 is 0 Å². The van der Waals surface area contributed by atoms with Crippen molar-refractivity contribution in [2.45, 2.75) is 19.2 Å². The number of hydrogen-bond acceptors (Lipinski definition) is 3. The van der Waals surface area contributed by atoms with Crippen LogP contribution in [0.3, 0.4) is 0 Å². The van der Waals surface area contributed by atoms with Crippen LogP contribution in [0.5, 0.6) is 0 Å². The summed E-state index contributed by atoms with van der Waals surface area (Å²) in [5, 5.41) is 9.62. The molecule has 0 heterocycles. The van der Waals surface area contributed by atoms with Gasteiger partial charge < -0.3 is 5.11 Å². The highest BCUT2D eigenvalue weighted by Crippen LogP contribution is 2.27. The molecule has 0 aliphatic carbocycles. The van der Waals surface area contributed by atoms with E-state index in [1.807, 2.05) is 12.1 Å². The molecule has 15 heavy (non-hydrogen) atoms. The van der Waals surface area contributed by atoms with Gasteiger partial charge in [-0.2, -0.15) is 0 Å². The van der Waals surface area contributed by atoms with E-state index >= 15 is 0 Å². The lowest BCUT2D eigenvalue weighted by atomic mass is 10.2. The third-order valence-corrected chi connectivity index (χ3v) is 3.13. The fourth-order valence-corrected chi connectivity index (χ4v) is 1.63. The van der Waals surface area contributed by atoms with Crippen molar-refractivity contribution < 1.29 is 14.2 Å². The number of aliphatic hydroxyl groups is 1. The van der Waals surface area contributed by atoms with E-state index in [1.54, 1.807) is 12.1 Å². The van der Waals surface area contributed by atoms with Crippen molar-refractivity contribution in [1.82, 2.24) is 0 Å². The monoisotopic (exact) mass is 247 g/mol. The summed E-state index contributed by atoms with van der Waals surface area (Å²) in [5.74, 6) is -0.912. The zero-order valence-corrected chi connectivity index (χ0v) is 10.0. The molecule has 3 nitrogen and oxygen atoms in total. The van der Waals surface area contributed by atoms with Crippen molar-refractivity contribution in [3.63, 3.8) is 0 Å². The third kappa shape index (κ3) is 4.72. The molecule has 1 rings (SSSR count). The van der Waals surface area contributed by atoms with Crippen molar-refractivity contribution in [1.29, 1.82) is 0 Å². The molecule has 0 fully saturated rings. The van der Waals surface area contributed by atoms with E-state index in [2.05, 4.69) is 0 Å². The first-order chi connectivity index (χ1) is 7.09. The topological polar surface area (TPSA) is 46.5 Å². The molecule has 2 atom stereocenters. The van der Waals surface area contributed by atoms with E-state index in [1.165, 1.54) is 6.92 Å². The number of rotatable bonds is 5. The number of aliphatic hydroxyl groups excluding tert-OH is 1. The molecular weight excluding hydrogens is 235 g/mol. The number of halogens is 1. The molecule has 0 aliphatic rings. The largest absolute Gasteiger partial charge is 0.539 e. The van der Waals surface area contributed by atoms with Gasteiger partial charge in [0.1, 0.15) is 6.61 Å². The first-order valence-corrected chi connectivity index (χ1v) is 6.24. The average Bonchev–Trinajstić information content (AvgIpc) is 2.20. The summed E-state index contributed by atoms with van der Waals surface area (Å²) >= 11 is 5.73. The predicted octanol–water partition coefficient (Wildman–Crippen LogP) is 2.98. The molecule has 0 bridgehead atoms. The lowest BCUT2D eigenvalue weighted by Crippen LogP contribution is -1.98. The number of benzene rings is 1. The minimum atomic E-state index is -1.96. The molecule has 0 amide bonds. The van der Waals surface area contributed by atoms with Gasteiger partial charge in [-0.25, -0.2) is 0 Å². The minimum absolute atomic E-state index is 0.335. The smallest absolute Gasteiger partial charge is 0.349 e. The van der Waals surface area contributed by atoms with Gasteiger partial charge in [0.2, 0.25) is 0 Å². The molecule has 1 aromatic rings. The van der Waals surface area contributed by atoms with Crippen molar-refractivity contribution in [3.8, 4) is 0 Å². The second-order valence-electron chi connectivity index (χ2n) is 3.13. The quantitative estimate of drug-likeness (QED) is 0.814. The molecule has 1 aromatic carbocycles. The van der Waals surface area contributed by atoms with Gasteiger partial charge >= 0.3 is 8.03 Å². The summed E-state index contributed by atoms with van der Waals surface area (Å²) in [6.07, 6.45) is 0.658. The van der Waals surface area contributed by atoms with E-state index < -0.39 is 13.9 Å². The van der Waals surface area contributed by atoms with Crippen molar-refractivity contribution in [2.75, 3.05) is 6.61 Å². The zero-order valence-electron chi connectivity index (χ0n) is 8.39. The SMILES string of the molecule is CC(O)[P+](=O)OCCc1ccc(Cl)cc1. The molecule has 0 spiro atoms. The lowest BCUT2D eigenvalue weighted by Gasteiger charge is -1.97. The standard InChI is InChI=1S/C10H13ClO3P/c1-8(12)15(13)14-7-6-9-2-4-10(11)5-3-9/h2-5,8,12H,6-7H2,1H3/q+1. The van der Waals surface area contributed by atoms with Crippen LogP contribution in [-0.4, -0.2) is 17.6 Å². The van der Waals surface area contributed by atoms with E-state index in [4.69, 9.17) is 21.2 Å². The maximum Gasteiger partial charge on any atom is 0.539 e. The molecule has 0 aliphatic heterocycles. The Morgan fingerprint density at radius 3 is 2.60 bits per heavy atom. The minimum Gasteiger partial charge on any atom is -0.349 e. The van der Waals surface area contributed by atoms with Gasteiger partial charge in [0, 0.05) is 18.4 Å². The molecule has 1 N–H and O–H groups in total. The first-order valence-electron chi connectivity index (χ1n) is 4.61. The summed E-state index contributed by atoms with van der Waals surface area (Å²) in [4.78, 5) is 0. The summed E-state index contributed by atoms with van der Waals surface area (Å²) in [7, 11) is -1.96. The summed E-state index contributed by atoms with van der Waals surface area (Å²) in [6.45, 7) is 1.78. The van der Waals surface area contributed by atoms with Crippen LogP contribution in [0.2, 0.25) is 5.02 Å². The second kappa shape index (κ2) is 6.19. The van der Waals surface area contributed by atoms with Gasteiger partial charge in [-0.1, -0.05) is 23.7 Å². The first kappa shape index (κ1) is 12.6. The maximum atomic E-state index is 11.0. The second-order valence-corrected chi connectivity index (χ2v) is 5.14. The Kier molecular flexibility index (Phi) is 5.20. The van der Waals surface area contributed by atoms with Gasteiger partial charge in [0.05, 0.1) is 0 Å². The Bertz CT molecular complexity index is 324. The van der Waals surface area contributed by atoms with Crippen LogP contribution in [0.15, 0.2) is 24.3 Å². The van der Waals surface area contributed by atoms with Gasteiger partial charge in [-0.05, 0) is 22.3 Å². The van der Waals surface area contributed by atoms with Crippen LogP contribution in [-0.2, 0) is 15.5 Å². The average molecular weight is 248 g/mol. The summed E-state index contributed by atoms with van der Waals surface area (Å²) in [5.41, 5.74) is 1.06. The lowest BCUT2D eigenvalue weighted by molar-refractivity contribution is 0.233. The molecule has 5 heteroatoms. The van der Waals surface area contributed by atoms with Crippen molar-refractivity contribution in [3.05, 3.63) is 34.9 Å². The highest BCUT2D eigenvalue weighted by Gasteiger charge is 2.24. The fraction of sp³-hybridized carbons (Fsp3) is 0.400. The Balaban J connectivity index is 2.32. The molecule has 0 saturated heterocycles. The molecule has 0 aromatic heterocycles. The Hall–Kier alpha value is -0.470. The van der Waals surface area contributed by atoms with Gasteiger partial charge in [0.25, 0.3) is 5.85 Å². The van der Waals surface area contributed by atoms with Gasteiger partial charge in [0.15, 0.2) is 0 Å². The van der Waals surface area contributed by atoms with E-state index in [-0.39, 0.29) is 0 Å². The number of hydrogen-bond donors (Lipinski definition) is 1. The van der Waals surface area contributed by atoms with Gasteiger partial charge in [-0.15, -0.1) is 4.52 Å². The van der Waals surface area contributed by atoms with Crippen LogP contribution in [0, 0.1) is 0 Å². The van der Waals surface area contributed by atoms with Crippen LogP contribution in [0.25, 0.3) is 0 Å². The Morgan fingerprint density at radius 1 is 1.47 bits per heavy atom. The molecule has 82 valence electrons. The highest BCUT2D eigenvalue weighted by atomic mass is 35.5. The third-order valence-electron chi connectivity index (χ3n) is 1.83. The summed E-state index contributed by atoms with van der Waals surface area (Å²) < 4.78 is 16.0. The molecule has 0 saturated carbocycles. The van der Waals surface area contributed by atoms with E-state index in [0.717, 1.165) is 5.56 Å². The normalized spacial score (nSPS) is 13.7. The van der Waals surface area contributed by atoms with Crippen LogP contribution in [0.4, 0.5) is 0 Å². The van der Waals surface area contributed by atoms with Gasteiger partial charge in [-0.3, -0.25) is 0 Å². The molecule has 2 unspecified atom stereocenters. The van der Waals surface area contributed by atoms with Crippen LogP contribution in [0.1, 0.15) is 12.5 Å². The zero-order chi connectivity index (χ0) is 11.3. The Morgan fingerprint density at radius 2 is 2.07 bits per heavy atom. The van der Waals surface area contributed by atoms with Crippen LogP contribution >= 0.6 is 19.6 Å².